The summed E-state index contributed by atoms with van der Waals surface area (Å²) < 4.78 is 27.4. The van der Waals surface area contributed by atoms with Gasteiger partial charge in [0.1, 0.15) is 11.9 Å². The van der Waals surface area contributed by atoms with E-state index in [9.17, 15) is 8.78 Å². The van der Waals surface area contributed by atoms with Crippen LogP contribution in [0.15, 0.2) is 143 Å². The Bertz CT molecular complexity index is 2050. The third-order valence-corrected chi connectivity index (χ3v) is 9.80. The van der Waals surface area contributed by atoms with Crippen LogP contribution in [0.5, 0.6) is 0 Å². The lowest BCUT2D eigenvalue weighted by Gasteiger charge is -2.21. The van der Waals surface area contributed by atoms with Crippen LogP contribution in [0, 0.1) is 11.9 Å². The highest BCUT2D eigenvalue weighted by Crippen LogP contribution is 2.52. The Morgan fingerprint density at radius 1 is 0.617 bits per heavy atom. The molecule has 0 spiro atoms. The van der Waals surface area contributed by atoms with Gasteiger partial charge in [0.25, 0.3) is 5.83 Å². The van der Waals surface area contributed by atoms with Gasteiger partial charge in [0.05, 0.1) is 23.9 Å². The fourth-order valence-electron chi connectivity index (χ4n) is 6.71. The van der Waals surface area contributed by atoms with E-state index < -0.39 is 5.83 Å². The van der Waals surface area contributed by atoms with E-state index in [0.29, 0.717) is 5.69 Å². The number of allylic oxidation sites excluding steroid dienone is 5. The molecule has 47 heavy (non-hydrogen) atoms. The Balaban J connectivity index is 0.000000139. The molecule has 0 atom stereocenters. The van der Waals surface area contributed by atoms with Crippen molar-refractivity contribution in [1.82, 2.24) is 0 Å². The molecule has 0 saturated heterocycles. The van der Waals surface area contributed by atoms with Gasteiger partial charge in [-0.05, 0) is 57.6 Å². The number of benzene rings is 5. The lowest BCUT2D eigenvalue weighted by molar-refractivity contribution is 0.632. The van der Waals surface area contributed by atoms with E-state index in [1.165, 1.54) is 61.1 Å². The van der Waals surface area contributed by atoms with Crippen molar-refractivity contribution >= 4 is 27.3 Å². The molecule has 0 bridgehead atoms. The number of nitrogens with two attached hydrogens (primary N) is 1. The van der Waals surface area contributed by atoms with Gasteiger partial charge >= 0.3 is 0 Å². The molecule has 0 radical (unpaired) electrons. The van der Waals surface area contributed by atoms with Crippen molar-refractivity contribution in [2.24, 2.45) is 5.73 Å². The summed E-state index contributed by atoms with van der Waals surface area (Å²) in [6.45, 7) is 9.07. The van der Waals surface area contributed by atoms with E-state index in [1.807, 2.05) is 18.2 Å². The van der Waals surface area contributed by atoms with Crippen LogP contribution >= 0.6 is 15.9 Å². The minimum atomic E-state index is -0.410. The first-order valence-corrected chi connectivity index (χ1v) is 16.4. The predicted molar refractivity (Wildman–Crippen MR) is 195 cm³/mol. The highest BCUT2D eigenvalue weighted by atomic mass is 79.9. The third-order valence-electron chi connectivity index (χ3n) is 9.14. The Kier molecular flexibility index (Phi) is 8.72. The largest absolute Gasteiger partial charge is 0.367 e. The van der Waals surface area contributed by atoms with Gasteiger partial charge in [-0.3, -0.25) is 0 Å². The number of hydrogen-bond donors (Lipinski definition) is 2. The summed E-state index contributed by atoms with van der Waals surface area (Å²) in [4.78, 5) is 0. The Hall–Kier alpha value is -4.83. The maximum Gasteiger partial charge on any atom is 0.264 e. The van der Waals surface area contributed by atoms with Crippen LogP contribution in [0.1, 0.15) is 49.9 Å². The minimum absolute atomic E-state index is 0.0428. The average Bonchev–Trinajstić information content (AvgIpc) is 3.45. The van der Waals surface area contributed by atoms with Gasteiger partial charge in [0.15, 0.2) is 0 Å². The van der Waals surface area contributed by atoms with E-state index in [-0.39, 0.29) is 22.3 Å². The normalized spacial score (nSPS) is 15.1. The summed E-state index contributed by atoms with van der Waals surface area (Å²) in [5.41, 5.74) is 17.3. The fraction of sp³-hybridized carbons (Fsp3) is 0.143. The molecular formula is C42H36BrF2N2+. The van der Waals surface area contributed by atoms with Crippen molar-refractivity contribution in [3.05, 3.63) is 178 Å². The molecular weight excluding hydrogens is 650 g/mol. The van der Waals surface area contributed by atoms with Crippen LogP contribution in [-0.4, -0.2) is 0 Å². The van der Waals surface area contributed by atoms with Crippen LogP contribution in [0.2, 0.25) is 0 Å². The van der Waals surface area contributed by atoms with Crippen LogP contribution < -0.4 is 11.1 Å². The monoisotopic (exact) mass is 685 g/mol. The number of nitrogens with one attached hydrogen (secondary N) is 1. The molecule has 0 aliphatic heterocycles. The summed E-state index contributed by atoms with van der Waals surface area (Å²) in [7, 11) is 0. The van der Waals surface area contributed by atoms with Gasteiger partial charge in [-0.1, -0.05) is 129 Å². The average molecular weight is 687 g/mol. The first kappa shape index (κ1) is 32.1. The van der Waals surface area contributed by atoms with Gasteiger partial charge in [0.2, 0.25) is 5.70 Å². The van der Waals surface area contributed by atoms with Crippen molar-refractivity contribution in [2.75, 3.05) is 5.32 Å². The molecule has 5 aromatic rings. The number of anilines is 2. The zero-order valence-electron chi connectivity index (χ0n) is 26.8. The summed E-state index contributed by atoms with van der Waals surface area (Å²) in [5.74, 6) is -0.650. The molecule has 5 aromatic carbocycles. The lowest BCUT2D eigenvalue weighted by Crippen LogP contribution is -2.14. The molecule has 0 fully saturated rings. The van der Waals surface area contributed by atoms with E-state index in [2.05, 4.69) is 128 Å². The molecule has 0 unspecified atom stereocenters. The zero-order valence-corrected chi connectivity index (χ0v) is 28.4. The van der Waals surface area contributed by atoms with Gasteiger partial charge in [-0.15, -0.1) is 4.39 Å². The van der Waals surface area contributed by atoms with Crippen molar-refractivity contribution in [1.29, 1.82) is 0 Å². The minimum Gasteiger partial charge on any atom is -0.367 e. The number of halogens is 3. The highest BCUT2D eigenvalue weighted by Gasteiger charge is 2.37. The predicted octanol–water partition coefficient (Wildman–Crippen LogP) is 11.7. The van der Waals surface area contributed by atoms with E-state index in [1.54, 1.807) is 24.3 Å². The standard InChI is InChI=1S/C21H18FN.C15H13Br.C6H5FN/c1-21(2)15-9-4-3-8-14(15)20-16(21)10-7-13-19(20)23-18-12-6-5-11-17(18)22;1-15(2)11-7-4-3-6-10(11)14-12(15)8-5-9-13(14)16;7-5-3-1-2-4-6(5)8/h3-13,23H,1-2H3;3-9H,1-2H3;1-3H,8H2/q;;+1. The number of fused-ring (bicyclic) bond motifs is 6. The first-order valence-electron chi connectivity index (χ1n) is 15.6. The smallest absolute Gasteiger partial charge is 0.264 e. The van der Waals surface area contributed by atoms with Crippen molar-refractivity contribution < 1.29 is 8.78 Å². The van der Waals surface area contributed by atoms with Gasteiger partial charge < -0.3 is 11.1 Å². The molecule has 3 aliphatic carbocycles. The molecule has 3 N–H and O–H groups in total. The van der Waals surface area contributed by atoms with Gasteiger partial charge in [-0.2, -0.15) is 0 Å². The second-order valence-electron chi connectivity index (χ2n) is 12.8. The zero-order chi connectivity index (χ0) is 33.3. The molecule has 234 valence electrons. The summed E-state index contributed by atoms with van der Waals surface area (Å²) >= 11 is 3.67. The molecule has 0 heterocycles. The van der Waals surface area contributed by atoms with Crippen LogP contribution in [0.25, 0.3) is 22.3 Å². The molecule has 0 saturated carbocycles. The number of para-hydroxylation sites is 1. The second kappa shape index (κ2) is 12.8. The number of rotatable bonds is 2. The summed E-state index contributed by atoms with van der Waals surface area (Å²) in [6, 6.07) is 36.6. The molecule has 8 rings (SSSR count). The maximum atomic E-state index is 14.0. The highest BCUT2D eigenvalue weighted by molar-refractivity contribution is 9.10. The van der Waals surface area contributed by atoms with Crippen molar-refractivity contribution in [3.8, 4) is 22.3 Å². The Morgan fingerprint density at radius 2 is 1.13 bits per heavy atom. The van der Waals surface area contributed by atoms with E-state index in [0.717, 1.165) is 5.69 Å². The van der Waals surface area contributed by atoms with Crippen molar-refractivity contribution in [2.45, 2.75) is 38.5 Å². The second-order valence-corrected chi connectivity index (χ2v) is 13.6. The van der Waals surface area contributed by atoms with Crippen molar-refractivity contribution in [3.63, 3.8) is 0 Å². The van der Waals surface area contributed by atoms with Crippen LogP contribution in [-0.2, 0) is 10.8 Å². The Labute approximate surface area is 284 Å². The van der Waals surface area contributed by atoms with Gasteiger partial charge in [0, 0.05) is 32.1 Å². The Morgan fingerprint density at radius 3 is 1.72 bits per heavy atom. The van der Waals surface area contributed by atoms with Crippen LogP contribution in [0.3, 0.4) is 0 Å². The third kappa shape index (κ3) is 5.93. The molecule has 0 amide bonds. The molecule has 2 nitrogen and oxygen atoms in total. The van der Waals surface area contributed by atoms with Crippen LogP contribution in [0.4, 0.5) is 20.2 Å². The molecule has 0 aromatic heterocycles. The summed E-state index contributed by atoms with van der Waals surface area (Å²) in [5, 5.41) is 3.28. The topological polar surface area (TPSA) is 38.0 Å². The fourth-order valence-corrected chi connectivity index (χ4v) is 7.29. The summed E-state index contributed by atoms with van der Waals surface area (Å²) in [6.07, 6.45) is 6.91. The molecule has 5 heteroatoms. The SMILES string of the molecule is CC1(C)c2ccccc2-c2c(Br)cccc21.CC1(C)c2ccccc2-c2c(Nc3ccccc3F)cccc21.NC1=[C+]C=CC=C1F. The van der Waals surface area contributed by atoms with E-state index in [4.69, 9.17) is 5.73 Å². The maximum absolute atomic E-state index is 14.0. The lowest BCUT2D eigenvalue weighted by atomic mass is 9.82. The van der Waals surface area contributed by atoms with E-state index >= 15 is 0 Å². The quantitative estimate of drug-likeness (QED) is 0.181. The molecule has 3 aliphatic rings. The first-order chi connectivity index (χ1) is 22.5. The van der Waals surface area contributed by atoms with Gasteiger partial charge in [-0.25, -0.2) is 4.39 Å². The number of hydrogen-bond acceptors (Lipinski definition) is 2.